The molecule has 0 aliphatic heterocycles. The first kappa shape index (κ1) is 8.04. The average molecular weight is 245 g/mol. The molecule has 3 rings (SSSR count). The van der Waals surface area contributed by atoms with Gasteiger partial charge in [0.15, 0.2) is 0 Å². The molecule has 2 unspecified atom stereocenters. The third kappa shape index (κ3) is 0.503. The van der Waals surface area contributed by atoms with E-state index in [1.807, 2.05) is 0 Å². The fourth-order valence-electron chi connectivity index (χ4n) is 4.53. The highest BCUT2D eigenvalue weighted by atomic mass is 79.9. The predicted molar refractivity (Wildman–Crippen MR) is 58.5 cm³/mol. The van der Waals surface area contributed by atoms with Crippen molar-refractivity contribution in [3.05, 3.63) is 0 Å². The molecule has 0 aromatic carbocycles. The minimum atomic E-state index is -0.889. The van der Waals surface area contributed by atoms with Crippen LogP contribution in [-0.4, -0.2) is 12.4 Å². The summed E-state index contributed by atoms with van der Waals surface area (Å²) in [5.41, 5.74) is 0. The van der Waals surface area contributed by atoms with Gasteiger partial charge in [0, 0.05) is 4.32 Å². The molecular formula is C10H17BrSi. The van der Waals surface area contributed by atoms with Crippen LogP contribution in [0.3, 0.4) is 0 Å². The second-order valence-electron chi connectivity index (χ2n) is 5.92. The summed E-state index contributed by atoms with van der Waals surface area (Å²) >= 11 is 4.03. The molecule has 3 fully saturated rings. The van der Waals surface area contributed by atoms with Crippen molar-refractivity contribution in [2.24, 2.45) is 11.8 Å². The lowest BCUT2D eigenvalue weighted by atomic mass is 9.88. The molecule has 0 spiro atoms. The second-order valence-corrected chi connectivity index (χ2v) is 12.6. The van der Waals surface area contributed by atoms with Gasteiger partial charge >= 0.3 is 0 Å². The zero-order chi connectivity index (χ0) is 8.78. The number of hydrogen-bond donors (Lipinski definition) is 0. The van der Waals surface area contributed by atoms with Crippen molar-refractivity contribution in [2.45, 2.75) is 48.3 Å². The van der Waals surface area contributed by atoms with E-state index in [2.05, 4.69) is 35.6 Å². The van der Waals surface area contributed by atoms with Crippen molar-refractivity contribution < 1.29 is 0 Å². The molecule has 3 aliphatic carbocycles. The van der Waals surface area contributed by atoms with Crippen molar-refractivity contribution >= 4 is 24.0 Å². The van der Waals surface area contributed by atoms with Crippen LogP contribution in [0, 0.1) is 11.8 Å². The Morgan fingerprint density at radius 2 is 1.67 bits per heavy atom. The van der Waals surface area contributed by atoms with Crippen LogP contribution in [0.5, 0.6) is 0 Å². The van der Waals surface area contributed by atoms with E-state index in [1.165, 1.54) is 19.3 Å². The van der Waals surface area contributed by atoms with Gasteiger partial charge in [0.1, 0.15) is 0 Å². The van der Waals surface area contributed by atoms with Gasteiger partial charge in [0.2, 0.25) is 0 Å². The summed E-state index contributed by atoms with van der Waals surface area (Å²) in [6.45, 7) is 7.69. The topological polar surface area (TPSA) is 0 Å². The average Bonchev–Trinajstić information content (AvgIpc) is 2.74. The lowest BCUT2D eigenvalue weighted by Crippen LogP contribution is -2.32. The molecule has 3 saturated carbocycles. The number of fused-ring (bicyclic) bond motifs is 2. The Kier molecular flexibility index (Phi) is 1.17. The smallest absolute Gasteiger partial charge is 0.0532 e. The predicted octanol–water partition coefficient (Wildman–Crippen LogP) is 3.64. The molecule has 0 saturated heterocycles. The standard InChI is InChI=1S/C10H17BrSi/c1-12(2,3)10-7-5-4-6-8(10)9(7,10)11/h7-8H,4-6H2,1-3H3. The van der Waals surface area contributed by atoms with E-state index in [9.17, 15) is 0 Å². The fourth-order valence-corrected chi connectivity index (χ4v) is 12.4. The van der Waals surface area contributed by atoms with Gasteiger partial charge in [0.05, 0.1) is 8.07 Å². The normalized spacial score (nSPS) is 61.0. The van der Waals surface area contributed by atoms with E-state index < -0.39 is 8.07 Å². The molecule has 2 heteroatoms. The maximum atomic E-state index is 4.03. The van der Waals surface area contributed by atoms with Gasteiger partial charge in [-0.15, -0.1) is 0 Å². The summed E-state index contributed by atoms with van der Waals surface area (Å²) < 4.78 is 0.683. The molecule has 12 heavy (non-hydrogen) atoms. The fraction of sp³-hybridized carbons (Fsp3) is 1.00. The Morgan fingerprint density at radius 3 is 1.92 bits per heavy atom. The number of alkyl halides is 1. The van der Waals surface area contributed by atoms with Crippen LogP contribution in [0.2, 0.25) is 24.7 Å². The summed E-state index contributed by atoms with van der Waals surface area (Å²) in [4.78, 5) is 0. The first-order valence-electron chi connectivity index (χ1n) is 5.16. The molecule has 0 N–H and O–H groups in total. The molecule has 2 atom stereocenters. The maximum absolute atomic E-state index is 4.03. The third-order valence-electron chi connectivity index (χ3n) is 4.81. The van der Waals surface area contributed by atoms with Crippen molar-refractivity contribution in [1.29, 1.82) is 0 Å². The van der Waals surface area contributed by atoms with Crippen LogP contribution in [0.15, 0.2) is 0 Å². The Balaban J connectivity index is 1.99. The van der Waals surface area contributed by atoms with Crippen LogP contribution in [-0.2, 0) is 0 Å². The van der Waals surface area contributed by atoms with Gasteiger partial charge in [-0.05, 0) is 29.7 Å². The van der Waals surface area contributed by atoms with Crippen molar-refractivity contribution in [3.8, 4) is 0 Å². The molecule has 68 valence electrons. The van der Waals surface area contributed by atoms with E-state index in [0.29, 0.717) is 4.32 Å². The second kappa shape index (κ2) is 1.74. The van der Waals surface area contributed by atoms with Gasteiger partial charge in [0.25, 0.3) is 0 Å². The van der Waals surface area contributed by atoms with Gasteiger partial charge in [-0.3, -0.25) is 0 Å². The molecule has 3 aliphatic rings. The lowest BCUT2D eigenvalue weighted by molar-refractivity contribution is 0.354. The first-order valence-corrected chi connectivity index (χ1v) is 9.45. The molecule has 0 amide bonds. The summed E-state index contributed by atoms with van der Waals surface area (Å²) in [5, 5.41) is 0.859. The van der Waals surface area contributed by atoms with E-state index in [-0.39, 0.29) is 0 Å². The van der Waals surface area contributed by atoms with E-state index in [4.69, 9.17) is 0 Å². The van der Waals surface area contributed by atoms with Crippen LogP contribution < -0.4 is 0 Å². The Hall–Kier alpha value is 0.697. The summed E-state index contributed by atoms with van der Waals surface area (Å²) in [6.07, 6.45) is 4.55. The summed E-state index contributed by atoms with van der Waals surface area (Å²) in [5.74, 6) is 2.19. The largest absolute Gasteiger partial charge is 0.0844 e. The highest BCUT2D eigenvalue weighted by Gasteiger charge is 2.99. The number of hydrogen-bond acceptors (Lipinski definition) is 0. The van der Waals surface area contributed by atoms with Crippen LogP contribution >= 0.6 is 15.9 Å². The highest BCUT2D eigenvalue weighted by Crippen LogP contribution is 3.03. The van der Waals surface area contributed by atoms with Crippen molar-refractivity contribution in [2.75, 3.05) is 0 Å². The molecule has 0 aromatic rings. The van der Waals surface area contributed by atoms with Crippen LogP contribution in [0.1, 0.15) is 19.3 Å². The van der Waals surface area contributed by atoms with E-state index >= 15 is 0 Å². The zero-order valence-corrected chi connectivity index (χ0v) is 10.7. The van der Waals surface area contributed by atoms with Crippen LogP contribution in [0.25, 0.3) is 0 Å². The molecule has 0 bridgehead atoms. The molecule has 0 radical (unpaired) electrons. The molecular weight excluding hydrogens is 228 g/mol. The molecule has 0 nitrogen and oxygen atoms in total. The van der Waals surface area contributed by atoms with Crippen LogP contribution in [0.4, 0.5) is 0 Å². The third-order valence-corrected chi connectivity index (χ3v) is 10.5. The highest BCUT2D eigenvalue weighted by molar-refractivity contribution is 9.10. The monoisotopic (exact) mass is 244 g/mol. The van der Waals surface area contributed by atoms with Gasteiger partial charge in [-0.2, -0.15) is 0 Å². The maximum Gasteiger partial charge on any atom is 0.0532 e. The minimum Gasteiger partial charge on any atom is -0.0844 e. The summed E-state index contributed by atoms with van der Waals surface area (Å²) in [6, 6.07) is 0. The lowest BCUT2D eigenvalue weighted by Gasteiger charge is -2.32. The molecule has 0 aromatic heterocycles. The van der Waals surface area contributed by atoms with Gasteiger partial charge in [-0.25, -0.2) is 0 Å². The first-order chi connectivity index (χ1) is 5.47. The SMILES string of the molecule is C[Si](C)(C)C12C3CCCC1C32Br. The summed E-state index contributed by atoms with van der Waals surface area (Å²) in [7, 11) is -0.889. The van der Waals surface area contributed by atoms with Gasteiger partial charge in [-0.1, -0.05) is 42.0 Å². The van der Waals surface area contributed by atoms with E-state index in [1.54, 1.807) is 0 Å². The minimum absolute atomic E-state index is 0.683. The number of rotatable bonds is 1. The Morgan fingerprint density at radius 1 is 1.17 bits per heavy atom. The van der Waals surface area contributed by atoms with E-state index in [0.717, 1.165) is 16.9 Å². The van der Waals surface area contributed by atoms with Crippen molar-refractivity contribution in [3.63, 3.8) is 0 Å². The molecule has 0 heterocycles. The van der Waals surface area contributed by atoms with Gasteiger partial charge < -0.3 is 0 Å². The Labute approximate surface area is 84.3 Å². The number of halogens is 1. The quantitative estimate of drug-likeness (QED) is 0.488. The van der Waals surface area contributed by atoms with Crippen molar-refractivity contribution in [1.82, 2.24) is 0 Å². The zero-order valence-electron chi connectivity index (χ0n) is 8.15. The Bertz CT molecular complexity index is 241.